The molecule has 1 N–H and O–H groups in total. The SMILES string of the molecule is Cc1ccc(OC(C)(C)COCCCN(C)C)c(O)c1. The lowest BCUT2D eigenvalue weighted by Gasteiger charge is -2.27. The maximum Gasteiger partial charge on any atom is 0.161 e. The average molecular weight is 281 g/mol. The number of nitrogens with zero attached hydrogens (tertiary/aromatic N) is 1. The molecule has 0 unspecified atom stereocenters. The summed E-state index contributed by atoms with van der Waals surface area (Å²) >= 11 is 0. The second-order valence-corrected chi connectivity index (χ2v) is 6.04. The minimum absolute atomic E-state index is 0.172. The van der Waals surface area contributed by atoms with E-state index in [9.17, 15) is 5.11 Å². The number of ether oxygens (including phenoxy) is 2. The summed E-state index contributed by atoms with van der Waals surface area (Å²) in [4.78, 5) is 2.13. The summed E-state index contributed by atoms with van der Waals surface area (Å²) in [6, 6.07) is 5.41. The van der Waals surface area contributed by atoms with Crippen molar-refractivity contribution in [3.63, 3.8) is 0 Å². The molecule has 0 amide bonds. The molecule has 0 bridgehead atoms. The Labute approximate surface area is 122 Å². The maximum atomic E-state index is 9.85. The number of phenolic OH excluding ortho intramolecular Hbond substituents is 1. The van der Waals surface area contributed by atoms with Crippen molar-refractivity contribution in [2.45, 2.75) is 32.8 Å². The molecule has 0 saturated carbocycles. The van der Waals surface area contributed by atoms with E-state index in [0.29, 0.717) is 19.0 Å². The lowest BCUT2D eigenvalue weighted by atomic mass is 10.1. The lowest BCUT2D eigenvalue weighted by Crippen LogP contribution is -2.34. The summed E-state index contributed by atoms with van der Waals surface area (Å²) in [5.74, 6) is 0.670. The van der Waals surface area contributed by atoms with E-state index >= 15 is 0 Å². The van der Waals surface area contributed by atoms with Gasteiger partial charge in [0.2, 0.25) is 0 Å². The molecule has 1 aromatic carbocycles. The van der Waals surface area contributed by atoms with E-state index in [0.717, 1.165) is 18.5 Å². The summed E-state index contributed by atoms with van der Waals surface area (Å²) in [5, 5.41) is 9.85. The van der Waals surface area contributed by atoms with Crippen LogP contribution in [0.5, 0.6) is 11.5 Å². The number of aryl methyl sites for hydroxylation is 1. The van der Waals surface area contributed by atoms with Gasteiger partial charge in [-0.25, -0.2) is 0 Å². The predicted molar refractivity (Wildman–Crippen MR) is 81.5 cm³/mol. The fourth-order valence-corrected chi connectivity index (χ4v) is 1.84. The highest BCUT2D eigenvalue weighted by Gasteiger charge is 2.21. The molecule has 0 heterocycles. The Hall–Kier alpha value is -1.26. The first kappa shape index (κ1) is 16.8. The van der Waals surface area contributed by atoms with Gasteiger partial charge in [-0.1, -0.05) is 6.07 Å². The van der Waals surface area contributed by atoms with E-state index in [1.807, 2.05) is 40.9 Å². The third kappa shape index (κ3) is 6.26. The summed E-state index contributed by atoms with van der Waals surface area (Å²) < 4.78 is 11.5. The lowest BCUT2D eigenvalue weighted by molar-refractivity contribution is -0.00617. The highest BCUT2D eigenvalue weighted by molar-refractivity contribution is 5.41. The van der Waals surface area contributed by atoms with E-state index in [4.69, 9.17) is 9.47 Å². The van der Waals surface area contributed by atoms with Crippen LogP contribution in [-0.2, 0) is 4.74 Å². The van der Waals surface area contributed by atoms with Crippen LogP contribution in [0.4, 0.5) is 0 Å². The first-order chi connectivity index (χ1) is 9.30. The van der Waals surface area contributed by atoms with Crippen LogP contribution in [-0.4, -0.2) is 49.5 Å². The quantitative estimate of drug-likeness (QED) is 0.744. The fraction of sp³-hybridized carbons (Fsp3) is 0.625. The van der Waals surface area contributed by atoms with Crippen molar-refractivity contribution in [3.8, 4) is 11.5 Å². The van der Waals surface area contributed by atoms with Crippen LogP contribution in [0.15, 0.2) is 18.2 Å². The number of benzene rings is 1. The second kappa shape index (κ2) is 7.50. The van der Waals surface area contributed by atoms with E-state index in [2.05, 4.69) is 4.90 Å². The van der Waals surface area contributed by atoms with Crippen LogP contribution in [0.1, 0.15) is 25.8 Å². The minimum atomic E-state index is -0.467. The topological polar surface area (TPSA) is 41.9 Å². The monoisotopic (exact) mass is 281 g/mol. The van der Waals surface area contributed by atoms with Crippen LogP contribution >= 0.6 is 0 Å². The van der Waals surface area contributed by atoms with Crippen molar-refractivity contribution in [2.75, 3.05) is 33.9 Å². The zero-order chi connectivity index (χ0) is 15.2. The Morgan fingerprint density at radius 3 is 2.55 bits per heavy atom. The summed E-state index contributed by atoms with van der Waals surface area (Å²) in [6.45, 7) is 8.07. The van der Waals surface area contributed by atoms with Gasteiger partial charge in [0.25, 0.3) is 0 Å². The highest BCUT2D eigenvalue weighted by Crippen LogP contribution is 2.29. The van der Waals surface area contributed by atoms with Gasteiger partial charge >= 0.3 is 0 Å². The molecular weight excluding hydrogens is 254 g/mol. The highest BCUT2D eigenvalue weighted by atomic mass is 16.5. The van der Waals surface area contributed by atoms with E-state index < -0.39 is 5.60 Å². The van der Waals surface area contributed by atoms with E-state index in [1.54, 1.807) is 12.1 Å². The predicted octanol–water partition coefficient (Wildman–Crippen LogP) is 2.83. The second-order valence-electron chi connectivity index (χ2n) is 6.04. The third-order valence-electron chi connectivity index (χ3n) is 2.84. The molecule has 0 radical (unpaired) electrons. The van der Waals surface area contributed by atoms with Gasteiger partial charge in [-0.2, -0.15) is 0 Å². The molecule has 1 rings (SSSR count). The van der Waals surface area contributed by atoms with Gasteiger partial charge in [0.05, 0.1) is 6.61 Å². The molecule has 0 aliphatic rings. The number of hydrogen-bond acceptors (Lipinski definition) is 4. The Balaban J connectivity index is 2.40. The molecule has 0 aliphatic carbocycles. The van der Waals surface area contributed by atoms with Crippen molar-refractivity contribution in [3.05, 3.63) is 23.8 Å². The van der Waals surface area contributed by atoms with Crippen LogP contribution in [0.2, 0.25) is 0 Å². The Bertz CT molecular complexity index is 416. The standard InChI is InChI=1S/C16H27NO3/c1-13-7-8-15(14(18)11-13)20-16(2,3)12-19-10-6-9-17(4)5/h7-8,11,18H,6,9-10,12H2,1-5H3. The van der Waals surface area contributed by atoms with Crippen LogP contribution in [0.25, 0.3) is 0 Å². The van der Waals surface area contributed by atoms with Gasteiger partial charge in [0.1, 0.15) is 5.60 Å². The normalized spacial score (nSPS) is 11.9. The number of phenols is 1. The molecule has 4 heteroatoms. The third-order valence-corrected chi connectivity index (χ3v) is 2.84. The zero-order valence-corrected chi connectivity index (χ0v) is 13.3. The summed E-state index contributed by atoms with van der Waals surface area (Å²) in [6.07, 6.45) is 0.999. The molecule has 0 spiro atoms. The molecule has 0 fully saturated rings. The van der Waals surface area contributed by atoms with Crippen LogP contribution < -0.4 is 4.74 Å². The van der Waals surface area contributed by atoms with Gasteiger partial charge in [0.15, 0.2) is 11.5 Å². The summed E-state index contributed by atoms with van der Waals surface area (Å²) in [5.41, 5.74) is 0.540. The minimum Gasteiger partial charge on any atom is -0.504 e. The summed E-state index contributed by atoms with van der Waals surface area (Å²) in [7, 11) is 4.10. The molecular formula is C16H27NO3. The maximum absolute atomic E-state index is 9.85. The fourth-order valence-electron chi connectivity index (χ4n) is 1.84. The number of hydrogen-bond donors (Lipinski definition) is 1. The first-order valence-electron chi connectivity index (χ1n) is 7.01. The van der Waals surface area contributed by atoms with Gasteiger partial charge in [0, 0.05) is 6.61 Å². The molecule has 114 valence electrons. The molecule has 20 heavy (non-hydrogen) atoms. The molecule has 0 saturated heterocycles. The van der Waals surface area contributed by atoms with E-state index in [-0.39, 0.29) is 5.75 Å². The van der Waals surface area contributed by atoms with Crippen LogP contribution in [0, 0.1) is 6.92 Å². The number of rotatable bonds is 8. The smallest absolute Gasteiger partial charge is 0.161 e. The number of aromatic hydroxyl groups is 1. The molecule has 0 atom stereocenters. The van der Waals surface area contributed by atoms with Crippen molar-refractivity contribution in [1.29, 1.82) is 0 Å². The van der Waals surface area contributed by atoms with Crippen molar-refractivity contribution < 1.29 is 14.6 Å². The Morgan fingerprint density at radius 1 is 1.25 bits per heavy atom. The van der Waals surface area contributed by atoms with Gasteiger partial charge in [-0.15, -0.1) is 0 Å². The van der Waals surface area contributed by atoms with Crippen molar-refractivity contribution in [2.24, 2.45) is 0 Å². The van der Waals surface area contributed by atoms with E-state index in [1.165, 1.54) is 0 Å². The molecule has 0 aromatic heterocycles. The Morgan fingerprint density at radius 2 is 1.95 bits per heavy atom. The largest absolute Gasteiger partial charge is 0.504 e. The van der Waals surface area contributed by atoms with Crippen molar-refractivity contribution in [1.82, 2.24) is 4.90 Å². The van der Waals surface area contributed by atoms with Gasteiger partial charge < -0.3 is 19.5 Å². The zero-order valence-electron chi connectivity index (χ0n) is 13.3. The Kier molecular flexibility index (Phi) is 6.30. The molecule has 1 aromatic rings. The van der Waals surface area contributed by atoms with Gasteiger partial charge in [-0.3, -0.25) is 0 Å². The van der Waals surface area contributed by atoms with Crippen molar-refractivity contribution >= 4 is 0 Å². The first-order valence-corrected chi connectivity index (χ1v) is 7.01. The average Bonchev–Trinajstić information content (AvgIpc) is 2.32. The molecule has 0 aliphatic heterocycles. The van der Waals surface area contributed by atoms with Crippen LogP contribution in [0.3, 0.4) is 0 Å². The molecule has 4 nitrogen and oxygen atoms in total. The van der Waals surface area contributed by atoms with Gasteiger partial charge in [-0.05, 0) is 65.5 Å².